The van der Waals surface area contributed by atoms with E-state index in [9.17, 15) is 0 Å². The van der Waals surface area contributed by atoms with Gasteiger partial charge in [-0.05, 0) is 39.2 Å². The van der Waals surface area contributed by atoms with Crippen molar-refractivity contribution in [2.24, 2.45) is 5.92 Å². The van der Waals surface area contributed by atoms with Crippen molar-refractivity contribution in [3.8, 4) is 0 Å². The molecule has 17 heavy (non-hydrogen) atoms. The van der Waals surface area contributed by atoms with Crippen molar-refractivity contribution in [3.63, 3.8) is 0 Å². The second-order valence-electron chi connectivity index (χ2n) is 6.43. The monoisotopic (exact) mass is 240 g/mol. The first-order chi connectivity index (χ1) is 8.05. The fraction of sp³-hybridized carbons (Fsp3) is 1.00. The molecule has 0 bridgehead atoms. The Kier molecular flexibility index (Phi) is 4.45. The van der Waals surface area contributed by atoms with Crippen LogP contribution < -0.4 is 0 Å². The third-order valence-electron chi connectivity index (χ3n) is 3.98. The maximum absolute atomic E-state index is 5.75. The lowest BCUT2D eigenvalue weighted by molar-refractivity contribution is -0.0874. The molecule has 0 aliphatic carbocycles. The Balaban J connectivity index is 1.70. The van der Waals surface area contributed by atoms with Crippen molar-refractivity contribution in [2.75, 3.05) is 45.9 Å². The molecule has 0 unspecified atom stereocenters. The maximum atomic E-state index is 5.75. The van der Waals surface area contributed by atoms with Crippen molar-refractivity contribution in [1.82, 2.24) is 9.80 Å². The molecule has 0 aromatic carbocycles. The van der Waals surface area contributed by atoms with E-state index in [4.69, 9.17) is 4.74 Å². The van der Waals surface area contributed by atoms with Crippen molar-refractivity contribution in [3.05, 3.63) is 0 Å². The van der Waals surface area contributed by atoms with Crippen LogP contribution in [-0.2, 0) is 4.74 Å². The minimum Gasteiger partial charge on any atom is -0.373 e. The molecule has 0 N–H and O–H groups in total. The molecular weight excluding hydrogens is 212 g/mol. The van der Waals surface area contributed by atoms with E-state index in [-0.39, 0.29) is 5.60 Å². The highest BCUT2D eigenvalue weighted by Crippen LogP contribution is 2.18. The lowest BCUT2D eigenvalue weighted by atomic mass is 10.0. The van der Waals surface area contributed by atoms with Crippen LogP contribution in [0.25, 0.3) is 0 Å². The molecule has 2 heterocycles. The third-order valence-corrected chi connectivity index (χ3v) is 3.98. The molecule has 2 saturated heterocycles. The van der Waals surface area contributed by atoms with Gasteiger partial charge in [-0.3, -0.25) is 4.90 Å². The van der Waals surface area contributed by atoms with Crippen LogP contribution in [0, 0.1) is 5.92 Å². The van der Waals surface area contributed by atoms with Crippen LogP contribution in [0.5, 0.6) is 0 Å². The van der Waals surface area contributed by atoms with Crippen LogP contribution in [0.4, 0.5) is 0 Å². The van der Waals surface area contributed by atoms with Crippen LogP contribution in [0.15, 0.2) is 0 Å². The van der Waals surface area contributed by atoms with E-state index < -0.39 is 0 Å². The van der Waals surface area contributed by atoms with Crippen LogP contribution in [0.2, 0.25) is 0 Å². The van der Waals surface area contributed by atoms with Gasteiger partial charge < -0.3 is 9.64 Å². The average Bonchev–Trinajstić information content (AvgIpc) is 2.25. The molecule has 2 aliphatic rings. The first-order valence-corrected chi connectivity index (χ1v) is 7.14. The molecule has 3 nitrogen and oxygen atoms in total. The van der Waals surface area contributed by atoms with E-state index >= 15 is 0 Å². The number of hydrogen-bond acceptors (Lipinski definition) is 3. The fourth-order valence-corrected chi connectivity index (χ4v) is 3.08. The molecular formula is C14H28N2O. The molecule has 2 rings (SSSR count). The zero-order chi connectivity index (χ0) is 12.3. The smallest absolute Gasteiger partial charge is 0.0753 e. The highest BCUT2D eigenvalue weighted by molar-refractivity contribution is 4.80. The van der Waals surface area contributed by atoms with Crippen molar-refractivity contribution in [2.45, 2.75) is 39.2 Å². The number of likely N-dealkylation sites (tertiary alicyclic amines) is 1. The minimum absolute atomic E-state index is 0.0490. The van der Waals surface area contributed by atoms with Gasteiger partial charge in [0.2, 0.25) is 0 Å². The second kappa shape index (κ2) is 5.68. The van der Waals surface area contributed by atoms with Gasteiger partial charge in [0, 0.05) is 32.7 Å². The Labute approximate surface area is 106 Å². The average molecular weight is 240 g/mol. The number of rotatable bonds is 3. The predicted octanol–water partition coefficient (Wildman–Crippen LogP) is 1.83. The highest BCUT2D eigenvalue weighted by Gasteiger charge is 2.27. The summed E-state index contributed by atoms with van der Waals surface area (Å²) >= 11 is 0. The molecule has 0 radical (unpaired) electrons. The highest BCUT2D eigenvalue weighted by atomic mass is 16.5. The molecule has 100 valence electrons. The number of morpholine rings is 1. The standard InChI is InChI=1S/C14H28N2O/c1-13-5-4-6-15(11-13)7-8-16-9-10-17-14(2,3)12-16/h13H,4-12H2,1-3H3/t13-/m0/s1. The molecule has 2 fully saturated rings. The summed E-state index contributed by atoms with van der Waals surface area (Å²) in [4.78, 5) is 5.19. The third kappa shape index (κ3) is 4.23. The number of piperidine rings is 1. The summed E-state index contributed by atoms with van der Waals surface area (Å²) in [6, 6.07) is 0. The van der Waals surface area contributed by atoms with E-state index in [2.05, 4.69) is 30.6 Å². The zero-order valence-corrected chi connectivity index (χ0v) is 11.7. The Morgan fingerprint density at radius 3 is 2.65 bits per heavy atom. The van der Waals surface area contributed by atoms with Crippen LogP contribution in [-0.4, -0.2) is 61.3 Å². The summed E-state index contributed by atoms with van der Waals surface area (Å²) in [5, 5.41) is 0. The second-order valence-corrected chi connectivity index (χ2v) is 6.43. The number of hydrogen-bond donors (Lipinski definition) is 0. The van der Waals surface area contributed by atoms with Gasteiger partial charge in [-0.25, -0.2) is 0 Å². The van der Waals surface area contributed by atoms with E-state index in [0.717, 1.165) is 25.6 Å². The predicted molar refractivity (Wildman–Crippen MR) is 71.3 cm³/mol. The van der Waals surface area contributed by atoms with E-state index in [1.165, 1.54) is 39.0 Å². The topological polar surface area (TPSA) is 15.7 Å². The number of nitrogens with zero attached hydrogens (tertiary/aromatic N) is 2. The molecule has 0 aromatic rings. The maximum Gasteiger partial charge on any atom is 0.0753 e. The van der Waals surface area contributed by atoms with E-state index in [1.54, 1.807) is 0 Å². The van der Waals surface area contributed by atoms with Gasteiger partial charge in [-0.2, -0.15) is 0 Å². The largest absolute Gasteiger partial charge is 0.373 e. The first kappa shape index (κ1) is 13.3. The van der Waals surface area contributed by atoms with Crippen molar-refractivity contribution >= 4 is 0 Å². The lowest BCUT2D eigenvalue weighted by Gasteiger charge is -2.39. The summed E-state index contributed by atoms with van der Waals surface area (Å²) in [5.41, 5.74) is 0.0490. The quantitative estimate of drug-likeness (QED) is 0.748. The number of ether oxygens (including phenoxy) is 1. The minimum atomic E-state index is 0.0490. The summed E-state index contributed by atoms with van der Waals surface area (Å²) in [5.74, 6) is 0.893. The Morgan fingerprint density at radius 1 is 1.18 bits per heavy atom. The van der Waals surface area contributed by atoms with E-state index in [0.29, 0.717) is 0 Å². The van der Waals surface area contributed by atoms with Crippen molar-refractivity contribution < 1.29 is 4.74 Å². The lowest BCUT2D eigenvalue weighted by Crippen LogP contribution is -2.50. The van der Waals surface area contributed by atoms with Gasteiger partial charge in [0.05, 0.1) is 12.2 Å². The van der Waals surface area contributed by atoms with E-state index in [1.807, 2.05) is 0 Å². The Morgan fingerprint density at radius 2 is 1.94 bits per heavy atom. The molecule has 0 spiro atoms. The van der Waals surface area contributed by atoms with Gasteiger partial charge in [0.15, 0.2) is 0 Å². The summed E-state index contributed by atoms with van der Waals surface area (Å²) in [6.07, 6.45) is 2.80. The molecule has 1 atom stereocenters. The summed E-state index contributed by atoms with van der Waals surface area (Å²) < 4.78 is 5.75. The van der Waals surface area contributed by atoms with Gasteiger partial charge in [-0.1, -0.05) is 6.92 Å². The Bertz CT molecular complexity index is 242. The zero-order valence-electron chi connectivity index (χ0n) is 11.7. The molecule has 2 aliphatic heterocycles. The summed E-state index contributed by atoms with van der Waals surface area (Å²) in [7, 11) is 0. The van der Waals surface area contributed by atoms with Gasteiger partial charge >= 0.3 is 0 Å². The Hall–Kier alpha value is -0.120. The van der Waals surface area contributed by atoms with Crippen molar-refractivity contribution in [1.29, 1.82) is 0 Å². The first-order valence-electron chi connectivity index (χ1n) is 7.14. The molecule has 0 saturated carbocycles. The van der Waals surface area contributed by atoms with Crippen LogP contribution >= 0.6 is 0 Å². The molecule has 0 aromatic heterocycles. The van der Waals surface area contributed by atoms with Gasteiger partial charge in [-0.15, -0.1) is 0 Å². The molecule has 3 heteroatoms. The van der Waals surface area contributed by atoms with Crippen LogP contribution in [0.3, 0.4) is 0 Å². The fourth-order valence-electron chi connectivity index (χ4n) is 3.08. The SMILES string of the molecule is C[C@H]1CCCN(CCN2CCOC(C)(C)C2)C1. The molecule has 0 amide bonds. The van der Waals surface area contributed by atoms with Crippen LogP contribution in [0.1, 0.15) is 33.6 Å². The van der Waals surface area contributed by atoms with Gasteiger partial charge in [0.25, 0.3) is 0 Å². The normalized spacial score (nSPS) is 31.6. The summed E-state index contributed by atoms with van der Waals surface area (Å²) in [6.45, 7) is 14.9. The van der Waals surface area contributed by atoms with Gasteiger partial charge in [0.1, 0.15) is 0 Å².